The van der Waals surface area contributed by atoms with Crippen LogP contribution < -0.4 is 5.32 Å². The molecule has 0 unspecified atom stereocenters. The number of rotatable bonds is 4. The Labute approximate surface area is 85.2 Å². The molecule has 0 radical (unpaired) electrons. The van der Waals surface area contributed by atoms with Crippen molar-refractivity contribution >= 4 is 0 Å². The lowest BCUT2D eigenvalue weighted by atomic mass is 10.1. The summed E-state index contributed by atoms with van der Waals surface area (Å²) in [6.45, 7) is 6.85. The van der Waals surface area contributed by atoms with Crippen molar-refractivity contribution in [2.45, 2.75) is 32.9 Å². The maximum absolute atomic E-state index is 9.46. The van der Waals surface area contributed by atoms with Gasteiger partial charge in [0.05, 0.1) is 11.3 Å². The van der Waals surface area contributed by atoms with E-state index in [0.29, 0.717) is 13.1 Å². The molecule has 0 amide bonds. The molecule has 0 atom stereocenters. The molecule has 0 aliphatic rings. The van der Waals surface area contributed by atoms with Crippen molar-refractivity contribution in [3.63, 3.8) is 0 Å². The van der Waals surface area contributed by atoms with Gasteiger partial charge in [0.1, 0.15) is 0 Å². The highest BCUT2D eigenvalue weighted by Gasteiger charge is 2.10. The van der Waals surface area contributed by atoms with Gasteiger partial charge in [-0.3, -0.25) is 4.98 Å². The van der Waals surface area contributed by atoms with Gasteiger partial charge < -0.3 is 10.4 Å². The van der Waals surface area contributed by atoms with E-state index in [-0.39, 0.29) is 0 Å². The largest absolute Gasteiger partial charge is 0.389 e. The van der Waals surface area contributed by atoms with Gasteiger partial charge in [0, 0.05) is 19.3 Å². The second-order valence-corrected chi connectivity index (χ2v) is 4.24. The minimum atomic E-state index is -0.662. The number of nitrogens with one attached hydrogen (secondary N) is 1. The van der Waals surface area contributed by atoms with E-state index in [0.717, 1.165) is 11.3 Å². The molecule has 78 valence electrons. The molecule has 3 heteroatoms. The van der Waals surface area contributed by atoms with Crippen LogP contribution in [0.3, 0.4) is 0 Å². The van der Waals surface area contributed by atoms with Crippen molar-refractivity contribution in [3.8, 4) is 0 Å². The molecule has 0 saturated heterocycles. The van der Waals surface area contributed by atoms with Gasteiger partial charge in [-0.2, -0.15) is 0 Å². The third kappa shape index (κ3) is 4.35. The van der Waals surface area contributed by atoms with E-state index in [1.165, 1.54) is 0 Å². The minimum Gasteiger partial charge on any atom is -0.389 e. The van der Waals surface area contributed by atoms with Crippen molar-refractivity contribution in [1.29, 1.82) is 0 Å². The third-order valence-corrected chi connectivity index (χ3v) is 1.84. The Morgan fingerprint density at radius 1 is 1.43 bits per heavy atom. The molecule has 0 aliphatic heterocycles. The topological polar surface area (TPSA) is 45.1 Å². The Hall–Kier alpha value is -0.930. The predicted molar refractivity (Wildman–Crippen MR) is 57.0 cm³/mol. The summed E-state index contributed by atoms with van der Waals surface area (Å²) in [4.78, 5) is 4.25. The fourth-order valence-electron chi connectivity index (χ4n) is 1.10. The highest BCUT2D eigenvalue weighted by molar-refractivity contribution is 5.11. The molecule has 1 aromatic rings. The predicted octanol–water partition coefficient (Wildman–Crippen LogP) is 1.25. The van der Waals surface area contributed by atoms with Crippen LogP contribution in [0.2, 0.25) is 0 Å². The lowest BCUT2D eigenvalue weighted by molar-refractivity contribution is 0.0794. The molecular weight excluding hydrogens is 176 g/mol. The van der Waals surface area contributed by atoms with Gasteiger partial charge in [-0.25, -0.2) is 0 Å². The average molecular weight is 194 g/mol. The van der Waals surface area contributed by atoms with Crippen LogP contribution in [0.15, 0.2) is 18.3 Å². The van der Waals surface area contributed by atoms with Crippen LogP contribution >= 0.6 is 0 Å². The minimum absolute atomic E-state index is 0.572. The summed E-state index contributed by atoms with van der Waals surface area (Å²) in [5.41, 5.74) is 1.50. The van der Waals surface area contributed by atoms with Gasteiger partial charge in [-0.05, 0) is 32.4 Å². The fraction of sp³-hybridized carbons (Fsp3) is 0.545. The van der Waals surface area contributed by atoms with Gasteiger partial charge in [-0.15, -0.1) is 0 Å². The summed E-state index contributed by atoms with van der Waals surface area (Å²) in [5, 5.41) is 12.6. The average Bonchev–Trinajstić information content (AvgIpc) is 2.06. The summed E-state index contributed by atoms with van der Waals surface area (Å²) in [7, 11) is 0. The van der Waals surface area contributed by atoms with Crippen LogP contribution in [0.5, 0.6) is 0 Å². The molecule has 0 aromatic carbocycles. The Balaban J connectivity index is 2.35. The Morgan fingerprint density at radius 2 is 2.14 bits per heavy atom. The lowest BCUT2D eigenvalue weighted by Gasteiger charge is -2.17. The number of hydrogen-bond acceptors (Lipinski definition) is 3. The summed E-state index contributed by atoms with van der Waals surface area (Å²) in [6, 6.07) is 4.03. The van der Waals surface area contributed by atoms with E-state index >= 15 is 0 Å². The summed E-state index contributed by atoms with van der Waals surface area (Å²) in [6.07, 6.45) is 1.85. The number of aliphatic hydroxyl groups is 1. The highest BCUT2D eigenvalue weighted by atomic mass is 16.3. The number of nitrogens with zero attached hydrogens (tertiary/aromatic N) is 1. The monoisotopic (exact) mass is 194 g/mol. The molecule has 2 N–H and O–H groups in total. The highest BCUT2D eigenvalue weighted by Crippen LogP contribution is 2.00. The van der Waals surface area contributed by atoms with Gasteiger partial charge in [0.2, 0.25) is 0 Å². The van der Waals surface area contributed by atoms with Gasteiger partial charge >= 0.3 is 0 Å². The first-order valence-corrected chi connectivity index (χ1v) is 4.82. The number of aryl methyl sites for hydroxylation is 1. The molecule has 0 fully saturated rings. The van der Waals surface area contributed by atoms with Crippen molar-refractivity contribution in [2.75, 3.05) is 6.54 Å². The molecule has 0 bridgehead atoms. The molecule has 1 heterocycles. The Bertz CT molecular complexity index is 274. The van der Waals surface area contributed by atoms with Crippen molar-refractivity contribution in [2.24, 2.45) is 0 Å². The van der Waals surface area contributed by atoms with E-state index in [9.17, 15) is 5.11 Å². The Kier molecular flexibility index (Phi) is 3.61. The number of hydrogen-bond donors (Lipinski definition) is 2. The zero-order valence-corrected chi connectivity index (χ0v) is 9.04. The van der Waals surface area contributed by atoms with Crippen LogP contribution in [0.1, 0.15) is 25.1 Å². The first-order valence-electron chi connectivity index (χ1n) is 4.82. The third-order valence-electron chi connectivity index (χ3n) is 1.84. The molecule has 1 rings (SSSR count). The maximum atomic E-state index is 9.46. The molecule has 1 aromatic heterocycles. The van der Waals surface area contributed by atoms with E-state index < -0.39 is 5.60 Å². The molecule has 0 saturated carbocycles. The fourth-order valence-corrected chi connectivity index (χ4v) is 1.10. The first-order chi connectivity index (χ1) is 6.47. The van der Waals surface area contributed by atoms with Crippen LogP contribution in [0, 0.1) is 6.92 Å². The van der Waals surface area contributed by atoms with Crippen LogP contribution in [0.4, 0.5) is 0 Å². The number of pyridine rings is 1. The normalized spacial score (nSPS) is 11.7. The van der Waals surface area contributed by atoms with Gasteiger partial charge in [0.25, 0.3) is 0 Å². The van der Waals surface area contributed by atoms with Crippen molar-refractivity contribution < 1.29 is 5.11 Å². The molecule has 0 aliphatic carbocycles. The standard InChI is InChI=1S/C11H18N2O/c1-9-4-5-10(13-6-9)7-12-8-11(2,3)14/h4-6,12,14H,7-8H2,1-3H3. The summed E-state index contributed by atoms with van der Waals surface area (Å²) in [5.74, 6) is 0. The van der Waals surface area contributed by atoms with E-state index in [2.05, 4.69) is 10.3 Å². The van der Waals surface area contributed by atoms with E-state index in [1.54, 1.807) is 13.8 Å². The number of aromatic nitrogens is 1. The molecule has 14 heavy (non-hydrogen) atoms. The van der Waals surface area contributed by atoms with E-state index in [4.69, 9.17) is 0 Å². The lowest BCUT2D eigenvalue weighted by Crippen LogP contribution is -2.34. The van der Waals surface area contributed by atoms with Gasteiger partial charge in [0.15, 0.2) is 0 Å². The maximum Gasteiger partial charge on any atom is 0.0715 e. The SMILES string of the molecule is Cc1ccc(CNCC(C)(C)O)nc1. The van der Waals surface area contributed by atoms with Gasteiger partial charge in [-0.1, -0.05) is 6.07 Å². The first kappa shape index (κ1) is 11.1. The molecular formula is C11H18N2O. The quantitative estimate of drug-likeness (QED) is 0.758. The smallest absolute Gasteiger partial charge is 0.0715 e. The summed E-state index contributed by atoms with van der Waals surface area (Å²) < 4.78 is 0. The summed E-state index contributed by atoms with van der Waals surface area (Å²) >= 11 is 0. The van der Waals surface area contributed by atoms with E-state index in [1.807, 2.05) is 25.3 Å². The van der Waals surface area contributed by atoms with Crippen LogP contribution in [-0.2, 0) is 6.54 Å². The molecule has 0 spiro atoms. The Morgan fingerprint density at radius 3 is 2.64 bits per heavy atom. The second-order valence-electron chi connectivity index (χ2n) is 4.24. The van der Waals surface area contributed by atoms with Crippen LogP contribution in [-0.4, -0.2) is 22.2 Å². The van der Waals surface area contributed by atoms with Crippen molar-refractivity contribution in [3.05, 3.63) is 29.6 Å². The van der Waals surface area contributed by atoms with Crippen molar-refractivity contribution in [1.82, 2.24) is 10.3 Å². The zero-order chi connectivity index (χ0) is 10.6. The second kappa shape index (κ2) is 4.53. The molecule has 3 nitrogen and oxygen atoms in total. The van der Waals surface area contributed by atoms with Crippen LogP contribution in [0.25, 0.3) is 0 Å². The zero-order valence-electron chi connectivity index (χ0n) is 9.04.